The van der Waals surface area contributed by atoms with Crippen molar-refractivity contribution in [1.82, 2.24) is 10.2 Å². The first kappa shape index (κ1) is 17.6. The highest BCUT2D eigenvalue weighted by Crippen LogP contribution is 2.34. The second-order valence-electron chi connectivity index (χ2n) is 5.91. The Balaban J connectivity index is 1.94. The summed E-state index contributed by atoms with van der Waals surface area (Å²) in [4.78, 5) is 2.53. The number of benzene rings is 1. The highest BCUT2D eigenvalue weighted by Gasteiger charge is 2.20. The molecule has 2 rings (SSSR count). The average Bonchev–Trinajstić information content (AvgIpc) is 2.55. The van der Waals surface area contributed by atoms with Crippen LogP contribution in [0.4, 0.5) is 0 Å². The van der Waals surface area contributed by atoms with Crippen LogP contribution in [0.1, 0.15) is 24.8 Å². The summed E-state index contributed by atoms with van der Waals surface area (Å²) < 4.78 is 11.8. The van der Waals surface area contributed by atoms with E-state index in [0.717, 1.165) is 35.0 Å². The molecule has 1 aliphatic heterocycles. The number of piperidine rings is 1. The number of hydrogen-bond acceptors (Lipinski definition) is 4. The Morgan fingerprint density at radius 1 is 1.18 bits per heavy atom. The molecule has 4 nitrogen and oxygen atoms in total. The van der Waals surface area contributed by atoms with Crippen LogP contribution in [0.3, 0.4) is 0 Å². The molecule has 0 saturated carbocycles. The second kappa shape index (κ2) is 8.75. The molecule has 0 aromatic heterocycles. The normalized spacial score (nSPS) is 16.7. The summed E-state index contributed by atoms with van der Waals surface area (Å²) in [6.07, 6.45) is 3.89. The van der Waals surface area contributed by atoms with E-state index in [4.69, 9.17) is 9.47 Å². The van der Waals surface area contributed by atoms with E-state index in [0.29, 0.717) is 0 Å². The zero-order valence-corrected chi connectivity index (χ0v) is 15.4. The Bertz CT molecular complexity index is 474. The van der Waals surface area contributed by atoms with Crippen molar-refractivity contribution >= 4 is 15.9 Å². The summed E-state index contributed by atoms with van der Waals surface area (Å²) in [5.74, 6) is 2.44. The topological polar surface area (TPSA) is 33.7 Å². The van der Waals surface area contributed by atoms with Crippen LogP contribution in [0, 0.1) is 5.92 Å². The lowest BCUT2D eigenvalue weighted by atomic mass is 9.93. The molecule has 0 aliphatic carbocycles. The summed E-state index contributed by atoms with van der Waals surface area (Å²) in [5.41, 5.74) is 1.26. The number of nitrogens with one attached hydrogen (secondary N) is 1. The Kier molecular flexibility index (Phi) is 6.99. The van der Waals surface area contributed by atoms with Gasteiger partial charge in [0.1, 0.15) is 0 Å². The Morgan fingerprint density at radius 2 is 1.82 bits per heavy atom. The van der Waals surface area contributed by atoms with Crippen molar-refractivity contribution in [2.24, 2.45) is 5.92 Å². The van der Waals surface area contributed by atoms with Crippen molar-refractivity contribution in [3.63, 3.8) is 0 Å². The molecule has 0 unspecified atom stereocenters. The van der Waals surface area contributed by atoms with Crippen LogP contribution >= 0.6 is 15.9 Å². The van der Waals surface area contributed by atoms with Gasteiger partial charge in [0.2, 0.25) is 0 Å². The fourth-order valence-electron chi connectivity index (χ4n) is 3.04. The predicted octanol–water partition coefficient (Wildman–Crippen LogP) is 3.29. The zero-order chi connectivity index (χ0) is 15.9. The van der Waals surface area contributed by atoms with E-state index in [1.807, 2.05) is 13.1 Å². The van der Waals surface area contributed by atoms with Gasteiger partial charge in [-0.2, -0.15) is 0 Å². The van der Waals surface area contributed by atoms with E-state index in [1.54, 1.807) is 14.2 Å². The molecule has 0 atom stereocenters. The van der Waals surface area contributed by atoms with Crippen molar-refractivity contribution in [3.05, 3.63) is 22.2 Å². The molecule has 1 saturated heterocycles. The monoisotopic (exact) mass is 370 g/mol. The van der Waals surface area contributed by atoms with Crippen molar-refractivity contribution in [3.8, 4) is 11.5 Å². The van der Waals surface area contributed by atoms with E-state index in [2.05, 4.69) is 32.2 Å². The molecule has 5 heteroatoms. The lowest BCUT2D eigenvalue weighted by molar-refractivity contribution is 0.172. The first-order valence-electron chi connectivity index (χ1n) is 7.95. The number of methoxy groups -OCH3 is 2. The fraction of sp³-hybridized carbons (Fsp3) is 0.647. The molecule has 1 fully saturated rings. The van der Waals surface area contributed by atoms with Gasteiger partial charge in [0.05, 0.1) is 14.2 Å². The van der Waals surface area contributed by atoms with Crippen LogP contribution in [0.25, 0.3) is 0 Å². The quantitative estimate of drug-likeness (QED) is 0.798. The van der Waals surface area contributed by atoms with Gasteiger partial charge < -0.3 is 14.8 Å². The van der Waals surface area contributed by atoms with Gasteiger partial charge in [-0.25, -0.2) is 0 Å². The molecule has 1 aliphatic rings. The number of likely N-dealkylation sites (tertiary alicyclic amines) is 1. The summed E-state index contributed by atoms with van der Waals surface area (Å²) in [5, 5.41) is 3.25. The molecule has 124 valence electrons. The van der Waals surface area contributed by atoms with E-state index in [9.17, 15) is 0 Å². The SMILES string of the molecule is CNCCC1CCN(Cc2cc(OC)c(OC)cc2Br)CC1. The van der Waals surface area contributed by atoms with Gasteiger partial charge in [-0.1, -0.05) is 15.9 Å². The smallest absolute Gasteiger partial charge is 0.161 e. The van der Waals surface area contributed by atoms with Crippen LogP contribution in [0.2, 0.25) is 0 Å². The third kappa shape index (κ3) is 4.61. The number of hydrogen-bond donors (Lipinski definition) is 1. The van der Waals surface area contributed by atoms with Crippen molar-refractivity contribution in [2.45, 2.75) is 25.8 Å². The maximum atomic E-state index is 5.41. The molecular weight excluding hydrogens is 344 g/mol. The first-order valence-corrected chi connectivity index (χ1v) is 8.74. The summed E-state index contributed by atoms with van der Waals surface area (Å²) >= 11 is 3.65. The van der Waals surface area contributed by atoms with Gasteiger partial charge in [-0.15, -0.1) is 0 Å². The number of rotatable bonds is 7. The molecule has 22 heavy (non-hydrogen) atoms. The fourth-order valence-corrected chi connectivity index (χ4v) is 3.49. The molecule has 0 bridgehead atoms. The lowest BCUT2D eigenvalue weighted by Gasteiger charge is -2.32. The molecule has 1 aromatic rings. The number of nitrogens with zero attached hydrogens (tertiary/aromatic N) is 1. The summed E-state index contributed by atoms with van der Waals surface area (Å²) in [6, 6.07) is 4.07. The second-order valence-corrected chi connectivity index (χ2v) is 6.76. The van der Waals surface area contributed by atoms with E-state index in [1.165, 1.54) is 37.9 Å². The maximum Gasteiger partial charge on any atom is 0.161 e. The van der Waals surface area contributed by atoms with Crippen LogP contribution in [-0.4, -0.2) is 45.8 Å². The van der Waals surface area contributed by atoms with Crippen molar-refractivity contribution in [1.29, 1.82) is 0 Å². The van der Waals surface area contributed by atoms with Crippen molar-refractivity contribution < 1.29 is 9.47 Å². The average molecular weight is 371 g/mol. The van der Waals surface area contributed by atoms with Gasteiger partial charge in [-0.05, 0) is 69.6 Å². The lowest BCUT2D eigenvalue weighted by Crippen LogP contribution is -2.34. The van der Waals surface area contributed by atoms with Gasteiger partial charge in [0.25, 0.3) is 0 Å². The molecule has 1 aromatic carbocycles. The number of ether oxygens (including phenoxy) is 2. The van der Waals surface area contributed by atoms with E-state index >= 15 is 0 Å². The van der Waals surface area contributed by atoms with Crippen molar-refractivity contribution in [2.75, 3.05) is 40.9 Å². The molecule has 0 amide bonds. The van der Waals surface area contributed by atoms with E-state index < -0.39 is 0 Å². The molecule has 0 spiro atoms. The third-order valence-corrected chi connectivity index (χ3v) is 5.19. The Morgan fingerprint density at radius 3 is 2.41 bits per heavy atom. The van der Waals surface area contributed by atoms with Crippen LogP contribution in [-0.2, 0) is 6.54 Å². The maximum absolute atomic E-state index is 5.41. The number of halogens is 1. The van der Waals surface area contributed by atoms with Crippen LogP contribution < -0.4 is 14.8 Å². The molecule has 1 N–H and O–H groups in total. The van der Waals surface area contributed by atoms with Gasteiger partial charge >= 0.3 is 0 Å². The van der Waals surface area contributed by atoms with Gasteiger partial charge in [0.15, 0.2) is 11.5 Å². The minimum atomic E-state index is 0.767. The van der Waals surface area contributed by atoms with Gasteiger partial charge in [-0.3, -0.25) is 4.90 Å². The molecule has 0 radical (unpaired) electrons. The standard InChI is InChI=1S/C17H27BrN2O2/c1-19-7-4-13-5-8-20(9-6-13)12-14-10-16(21-2)17(22-3)11-15(14)18/h10-11,13,19H,4-9,12H2,1-3H3. The highest BCUT2D eigenvalue weighted by atomic mass is 79.9. The minimum absolute atomic E-state index is 0.767. The Labute approximate surface area is 142 Å². The molecule has 1 heterocycles. The third-order valence-electron chi connectivity index (χ3n) is 4.46. The van der Waals surface area contributed by atoms with Crippen LogP contribution in [0.15, 0.2) is 16.6 Å². The van der Waals surface area contributed by atoms with Crippen LogP contribution in [0.5, 0.6) is 11.5 Å². The summed E-state index contributed by atoms with van der Waals surface area (Å²) in [6.45, 7) is 4.44. The Hall–Kier alpha value is -0.780. The predicted molar refractivity (Wildman–Crippen MR) is 93.8 cm³/mol. The molecular formula is C17H27BrN2O2. The minimum Gasteiger partial charge on any atom is -0.493 e. The van der Waals surface area contributed by atoms with Gasteiger partial charge in [0, 0.05) is 11.0 Å². The first-order chi connectivity index (χ1) is 10.7. The highest BCUT2D eigenvalue weighted by molar-refractivity contribution is 9.10. The summed E-state index contributed by atoms with van der Waals surface area (Å²) in [7, 11) is 5.38. The zero-order valence-electron chi connectivity index (χ0n) is 13.8. The largest absolute Gasteiger partial charge is 0.493 e. The van der Waals surface area contributed by atoms with E-state index in [-0.39, 0.29) is 0 Å².